The molecule has 0 aromatic heterocycles. The van der Waals surface area contributed by atoms with Crippen molar-refractivity contribution in [2.75, 3.05) is 31.6 Å². The van der Waals surface area contributed by atoms with Gasteiger partial charge in [-0.15, -0.1) is 0 Å². The van der Waals surface area contributed by atoms with Crippen LogP contribution < -0.4 is 15.5 Å². The molecule has 2 aliphatic rings. The molecule has 2 aromatic rings. The molecule has 6 heteroatoms. The van der Waals surface area contributed by atoms with Crippen molar-refractivity contribution >= 4 is 11.6 Å². The van der Waals surface area contributed by atoms with Crippen LogP contribution in [0.1, 0.15) is 58.8 Å². The van der Waals surface area contributed by atoms with Gasteiger partial charge in [-0.2, -0.15) is 0 Å². The molecule has 4 atom stereocenters. The molecule has 2 fully saturated rings. The monoisotopic (exact) mass is 506 g/mol. The SMILES string of the molecule is CCN(C[C@@H]1CCCN1C(O)[C@@H](NC(=O)[C@H](C)NC)C1CCCCC1)c1cccc(-c2ccccc2)c1. The molecule has 37 heavy (non-hydrogen) atoms. The van der Waals surface area contributed by atoms with E-state index in [4.69, 9.17) is 0 Å². The number of aliphatic hydroxyl groups is 1. The van der Waals surface area contributed by atoms with E-state index in [1.165, 1.54) is 36.1 Å². The van der Waals surface area contributed by atoms with Gasteiger partial charge in [-0.1, -0.05) is 61.7 Å². The maximum Gasteiger partial charge on any atom is 0.237 e. The summed E-state index contributed by atoms with van der Waals surface area (Å²) in [4.78, 5) is 17.6. The van der Waals surface area contributed by atoms with Gasteiger partial charge in [-0.3, -0.25) is 9.69 Å². The van der Waals surface area contributed by atoms with Gasteiger partial charge < -0.3 is 20.6 Å². The van der Waals surface area contributed by atoms with E-state index in [0.29, 0.717) is 5.92 Å². The van der Waals surface area contributed by atoms with Gasteiger partial charge in [0.1, 0.15) is 6.23 Å². The molecule has 0 bridgehead atoms. The second-order valence-electron chi connectivity index (χ2n) is 10.8. The standard InChI is InChI=1S/C31H46N4O2/c1-4-34(27-18-11-17-26(21-27)24-13-7-5-8-14-24)22-28-19-12-20-35(28)31(37)29(25-15-9-6-10-16-25)33-30(36)23(2)32-3/h5,7-8,11,13-14,17-18,21,23,25,28-29,31-32,37H,4,6,9-10,12,15-16,19-20,22H2,1-3H3,(H,33,36)/t23-,28-,29-,31?/m0/s1. The number of hydrogen-bond acceptors (Lipinski definition) is 5. The fourth-order valence-corrected chi connectivity index (χ4v) is 6.14. The summed E-state index contributed by atoms with van der Waals surface area (Å²) in [7, 11) is 1.80. The van der Waals surface area contributed by atoms with Crippen molar-refractivity contribution in [1.29, 1.82) is 0 Å². The number of amides is 1. The largest absolute Gasteiger partial charge is 0.376 e. The Morgan fingerprint density at radius 1 is 1.03 bits per heavy atom. The molecule has 4 rings (SSSR count). The van der Waals surface area contributed by atoms with E-state index in [9.17, 15) is 9.90 Å². The van der Waals surface area contributed by atoms with Crippen molar-refractivity contribution in [1.82, 2.24) is 15.5 Å². The second kappa shape index (κ2) is 13.4. The quantitative estimate of drug-likeness (QED) is 0.414. The maximum absolute atomic E-state index is 12.9. The van der Waals surface area contributed by atoms with Gasteiger partial charge in [-0.25, -0.2) is 0 Å². The van der Waals surface area contributed by atoms with Crippen LogP contribution in [0.25, 0.3) is 11.1 Å². The van der Waals surface area contributed by atoms with Crippen LogP contribution in [-0.4, -0.2) is 66.9 Å². The fraction of sp³-hybridized carbons (Fsp3) is 0.581. The fourth-order valence-electron chi connectivity index (χ4n) is 6.14. The highest BCUT2D eigenvalue weighted by molar-refractivity contribution is 5.81. The molecule has 1 amide bonds. The number of anilines is 1. The second-order valence-corrected chi connectivity index (χ2v) is 10.8. The third kappa shape index (κ3) is 6.92. The molecule has 3 N–H and O–H groups in total. The zero-order valence-electron chi connectivity index (χ0n) is 22.9. The highest BCUT2D eigenvalue weighted by atomic mass is 16.3. The first-order valence-corrected chi connectivity index (χ1v) is 14.3. The summed E-state index contributed by atoms with van der Waals surface area (Å²) in [5.74, 6) is 0.295. The number of nitrogens with zero attached hydrogens (tertiary/aromatic N) is 2. The van der Waals surface area contributed by atoms with Gasteiger partial charge >= 0.3 is 0 Å². The summed E-state index contributed by atoms with van der Waals surface area (Å²) in [5.41, 5.74) is 3.66. The minimum atomic E-state index is -0.669. The van der Waals surface area contributed by atoms with E-state index in [0.717, 1.165) is 45.3 Å². The Labute approximate surface area is 223 Å². The lowest BCUT2D eigenvalue weighted by molar-refractivity contribution is -0.127. The molecule has 1 saturated carbocycles. The van der Waals surface area contributed by atoms with Gasteiger partial charge in [0.05, 0.1) is 12.1 Å². The average Bonchev–Trinajstić information content (AvgIpc) is 3.43. The molecular formula is C31H46N4O2. The first-order valence-electron chi connectivity index (χ1n) is 14.3. The maximum atomic E-state index is 12.9. The van der Waals surface area contributed by atoms with Crippen LogP contribution in [0.5, 0.6) is 0 Å². The summed E-state index contributed by atoms with van der Waals surface area (Å²) < 4.78 is 0. The highest BCUT2D eigenvalue weighted by Crippen LogP contribution is 2.32. The van der Waals surface area contributed by atoms with Crippen molar-refractivity contribution in [3.63, 3.8) is 0 Å². The Bertz CT molecular complexity index is 978. The molecule has 1 aliphatic heterocycles. The number of carbonyl (C=O) groups excluding carboxylic acids is 1. The molecular weight excluding hydrogens is 460 g/mol. The third-order valence-corrected chi connectivity index (χ3v) is 8.51. The van der Waals surface area contributed by atoms with E-state index in [-0.39, 0.29) is 24.0 Å². The van der Waals surface area contributed by atoms with Crippen molar-refractivity contribution in [2.45, 2.75) is 83.1 Å². The van der Waals surface area contributed by atoms with Gasteiger partial charge in [0, 0.05) is 31.4 Å². The number of benzene rings is 2. The summed E-state index contributed by atoms with van der Waals surface area (Å²) in [6, 6.07) is 19.0. The summed E-state index contributed by atoms with van der Waals surface area (Å²) in [5, 5.41) is 18.1. The Hall–Kier alpha value is -2.41. The van der Waals surface area contributed by atoms with Crippen LogP contribution in [-0.2, 0) is 4.79 Å². The lowest BCUT2D eigenvalue weighted by Gasteiger charge is -2.41. The van der Waals surface area contributed by atoms with Crippen LogP contribution in [0.15, 0.2) is 54.6 Å². The van der Waals surface area contributed by atoms with Gasteiger partial charge in [0.2, 0.25) is 5.91 Å². The average molecular weight is 507 g/mol. The van der Waals surface area contributed by atoms with Crippen LogP contribution in [0, 0.1) is 5.92 Å². The van der Waals surface area contributed by atoms with Crippen LogP contribution in [0.4, 0.5) is 5.69 Å². The molecule has 0 spiro atoms. The Balaban J connectivity index is 1.50. The van der Waals surface area contributed by atoms with E-state index < -0.39 is 6.23 Å². The molecule has 0 radical (unpaired) electrons. The molecule has 202 valence electrons. The lowest BCUT2D eigenvalue weighted by atomic mass is 9.82. The third-order valence-electron chi connectivity index (χ3n) is 8.51. The van der Waals surface area contributed by atoms with Gasteiger partial charge in [0.25, 0.3) is 0 Å². The Kier molecular flexibility index (Phi) is 10.0. The van der Waals surface area contributed by atoms with Crippen LogP contribution in [0.3, 0.4) is 0 Å². The molecule has 1 heterocycles. The Morgan fingerprint density at radius 2 is 1.76 bits per heavy atom. The minimum Gasteiger partial charge on any atom is -0.376 e. The zero-order valence-corrected chi connectivity index (χ0v) is 22.9. The number of nitrogens with one attached hydrogen (secondary N) is 2. The minimum absolute atomic E-state index is 0.0271. The topological polar surface area (TPSA) is 67.8 Å². The molecule has 6 nitrogen and oxygen atoms in total. The van der Waals surface area contributed by atoms with E-state index in [2.05, 4.69) is 75.9 Å². The van der Waals surface area contributed by atoms with Crippen molar-refractivity contribution in [2.24, 2.45) is 5.92 Å². The van der Waals surface area contributed by atoms with E-state index in [1.54, 1.807) is 7.05 Å². The number of aliphatic hydroxyl groups excluding tert-OH is 1. The summed E-state index contributed by atoms with van der Waals surface area (Å²) in [6.07, 6.45) is 7.21. The zero-order chi connectivity index (χ0) is 26.2. The number of hydrogen-bond donors (Lipinski definition) is 3. The van der Waals surface area contributed by atoms with E-state index in [1.807, 2.05) is 13.0 Å². The van der Waals surface area contributed by atoms with Crippen LogP contribution >= 0.6 is 0 Å². The normalized spacial score (nSPS) is 21.4. The number of carbonyl (C=O) groups is 1. The molecule has 1 unspecified atom stereocenters. The number of rotatable bonds is 11. The predicted octanol–water partition coefficient (Wildman–Crippen LogP) is 4.64. The van der Waals surface area contributed by atoms with Crippen molar-refractivity contribution in [3.05, 3.63) is 54.6 Å². The van der Waals surface area contributed by atoms with Crippen LogP contribution in [0.2, 0.25) is 0 Å². The summed E-state index contributed by atoms with van der Waals surface area (Å²) >= 11 is 0. The first-order chi connectivity index (χ1) is 18.0. The lowest BCUT2D eigenvalue weighted by Crippen LogP contribution is -2.59. The molecule has 1 aliphatic carbocycles. The number of likely N-dealkylation sites (N-methyl/N-ethyl adjacent to an activating group) is 2. The van der Waals surface area contributed by atoms with Crippen molar-refractivity contribution < 1.29 is 9.90 Å². The smallest absolute Gasteiger partial charge is 0.237 e. The highest BCUT2D eigenvalue weighted by Gasteiger charge is 2.39. The molecule has 2 aromatic carbocycles. The molecule has 1 saturated heterocycles. The van der Waals surface area contributed by atoms with Crippen molar-refractivity contribution in [3.8, 4) is 11.1 Å². The van der Waals surface area contributed by atoms with Gasteiger partial charge in [-0.05, 0) is 75.8 Å². The predicted molar refractivity (Wildman–Crippen MR) is 153 cm³/mol. The van der Waals surface area contributed by atoms with E-state index >= 15 is 0 Å². The number of likely N-dealkylation sites (tertiary alicyclic amines) is 1. The summed E-state index contributed by atoms with van der Waals surface area (Å²) in [6.45, 7) is 6.72. The van der Waals surface area contributed by atoms with Gasteiger partial charge in [0.15, 0.2) is 0 Å². The Morgan fingerprint density at radius 3 is 2.46 bits per heavy atom. The first kappa shape index (κ1) is 27.6.